The minimum atomic E-state index is -0.382. The van der Waals surface area contributed by atoms with E-state index in [9.17, 15) is 10.1 Å². The van der Waals surface area contributed by atoms with E-state index in [0.29, 0.717) is 0 Å². The second-order valence-corrected chi connectivity index (χ2v) is 5.09. The summed E-state index contributed by atoms with van der Waals surface area (Å²) in [6.07, 6.45) is 1.58. The number of rotatable bonds is 4. The zero-order valence-corrected chi connectivity index (χ0v) is 11.4. The predicted molar refractivity (Wildman–Crippen MR) is 77.0 cm³/mol. The highest BCUT2D eigenvalue weighted by Gasteiger charge is 2.06. The molecule has 0 N–H and O–H groups in total. The standard InChI is InChI=1S/C14H13NO3S/c1-10(15(16)17)9-13-7-8-14(19-13)11-3-5-12(18-2)6-4-11/h3-9H,1-2H3/b10-9+. The molecular weight excluding hydrogens is 262 g/mol. The molecule has 0 amide bonds. The summed E-state index contributed by atoms with van der Waals surface area (Å²) in [7, 11) is 1.63. The maximum atomic E-state index is 10.6. The van der Waals surface area contributed by atoms with Crippen LogP contribution in [-0.2, 0) is 0 Å². The van der Waals surface area contributed by atoms with E-state index in [0.717, 1.165) is 21.1 Å². The topological polar surface area (TPSA) is 52.4 Å². The van der Waals surface area contributed by atoms with Gasteiger partial charge in [-0.1, -0.05) is 0 Å². The Morgan fingerprint density at radius 3 is 2.53 bits per heavy atom. The van der Waals surface area contributed by atoms with E-state index < -0.39 is 0 Å². The summed E-state index contributed by atoms with van der Waals surface area (Å²) in [5.74, 6) is 0.810. The number of hydrogen-bond donors (Lipinski definition) is 0. The summed E-state index contributed by atoms with van der Waals surface area (Å²) in [6, 6.07) is 11.6. The number of allylic oxidation sites excluding steroid dienone is 1. The average Bonchev–Trinajstić information content (AvgIpc) is 2.87. The van der Waals surface area contributed by atoms with Crippen LogP contribution in [0.3, 0.4) is 0 Å². The third-order valence-corrected chi connectivity index (χ3v) is 3.72. The van der Waals surface area contributed by atoms with Crippen molar-refractivity contribution in [1.82, 2.24) is 0 Å². The number of ether oxygens (including phenoxy) is 1. The van der Waals surface area contributed by atoms with Crippen molar-refractivity contribution in [2.75, 3.05) is 7.11 Å². The molecule has 1 heterocycles. The van der Waals surface area contributed by atoms with Crippen LogP contribution in [0.1, 0.15) is 11.8 Å². The zero-order chi connectivity index (χ0) is 13.8. The molecule has 2 aromatic rings. The van der Waals surface area contributed by atoms with Crippen molar-refractivity contribution in [3.63, 3.8) is 0 Å². The maximum Gasteiger partial charge on any atom is 0.244 e. The number of thiophene rings is 1. The van der Waals surface area contributed by atoms with E-state index in [1.807, 2.05) is 36.4 Å². The lowest BCUT2D eigenvalue weighted by atomic mass is 10.2. The second-order valence-electron chi connectivity index (χ2n) is 3.97. The molecule has 0 spiro atoms. The van der Waals surface area contributed by atoms with Crippen LogP contribution in [0, 0.1) is 10.1 Å². The molecule has 4 nitrogen and oxygen atoms in total. The summed E-state index contributed by atoms with van der Waals surface area (Å²) in [5, 5.41) is 10.6. The molecule has 5 heteroatoms. The van der Waals surface area contributed by atoms with Crippen molar-refractivity contribution in [3.05, 3.63) is 57.1 Å². The summed E-state index contributed by atoms with van der Waals surface area (Å²) >= 11 is 1.52. The van der Waals surface area contributed by atoms with Gasteiger partial charge in [0.25, 0.3) is 0 Å². The SMILES string of the molecule is COc1ccc(-c2ccc(/C=C(\C)[N+](=O)[O-])s2)cc1. The highest BCUT2D eigenvalue weighted by atomic mass is 32.1. The van der Waals surface area contributed by atoms with Crippen LogP contribution < -0.4 is 4.74 Å². The van der Waals surface area contributed by atoms with Gasteiger partial charge in [0, 0.05) is 22.8 Å². The van der Waals surface area contributed by atoms with Crippen LogP contribution in [0.5, 0.6) is 5.75 Å². The number of methoxy groups -OCH3 is 1. The molecule has 0 aliphatic rings. The van der Waals surface area contributed by atoms with Crippen molar-refractivity contribution in [1.29, 1.82) is 0 Å². The average molecular weight is 275 g/mol. The van der Waals surface area contributed by atoms with Crippen molar-refractivity contribution in [2.24, 2.45) is 0 Å². The van der Waals surface area contributed by atoms with Gasteiger partial charge >= 0.3 is 0 Å². The maximum absolute atomic E-state index is 10.6. The molecule has 0 bridgehead atoms. The molecule has 1 aromatic heterocycles. The summed E-state index contributed by atoms with van der Waals surface area (Å²) in [4.78, 5) is 12.1. The number of hydrogen-bond acceptors (Lipinski definition) is 4. The Morgan fingerprint density at radius 2 is 1.95 bits per heavy atom. The zero-order valence-electron chi connectivity index (χ0n) is 10.6. The quantitative estimate of drug-likeness (QED) is 0.624. The van der Waals surface area contributed by atoms with E-state index in [4.69, 9.17) is 4.74 Å². The Hall–Kier alpha value is -2.14. The van der Waals surface area contributed by atoms with E-state index in [-0.39, 0.29) is 10.6 Å². The molecule has 0 radical (unpaired) electrons. The Labute approximate surface area is 115 Å². The number of benzene rings is 1. The van der Waals surface area contributed by atoms with E-state index in [1.54, 1.807) is 13.2 Å². The minimum Gasteiger partial charge on any atom is -0.497 e. The number of nitro groups is 1. The highest BCUT2D eigenvalue weighted by molar-refractivity contribution is 7.16. The third-order valence-electron chi connectivity index (χ3n) is 2.64. The molecule has 0 fully saturated rings. The fraction of sp³-hybridized carbons (Fsp3) is 0.143. The first-order valence-electron chi connectivity index (χ1n) is 5.67. The Balaban J connectivity index is 2.25. The monoisotopic (exact) mass is 275 g/mol. The summed E-state index contributed by atoms with van der Waals surface area (Å²) in [6.45, 7) is 1.49. The van der Waals surface area contributed by atoms with Crippen molar-refractivity contribution >= 4 is 17.4 Å². The lowest BCUT2D eigenvalue weighted by Gasteiger charge is -2.00. The van der Waals surface area contributed by atoms with Crippen molar-refractivity contribution < 1.29 is 9.66 Å². The Kier molecular flexibility index (Phi) is 3.97. The second kappa shape index (κ2) is 5.67. The molecule has 0 saturated heterocycles. The first kappa shape index (κ1) is 13.3. The first-order chi connectivity index (χ1) is 9.10. The van der Waals surface area contributed by atoms with Crippen LogP contribution in [0.2, 0.25) is 0 Å². The lowest BCUT2D eigenvalue weighted by Crippen LogP contribution is -1.91. The number of nitrogens with zero attached hydrogens (tertiary/aromatic N) is 1. The van der Waals surface area contributed by atoms with Gasteiger partial charge in [-0.2, -0.15) is 0 Å². The molecule has 0 atom stereocenters. The van der Waals surface area contributed by atoms with Gasteiger partial charge in [-0.05, 0) is 42.0 Å². The van der Waals surface area contributed by atoms with Gasteiger partial charge < -0.3 is 4.74 Å². The third kappa shape index (κ3) is 3.20. The highest BCUT2D eigenvalue weighted by Crippen LogP contribution is 2.30. The molecule has 2 rings (SSSR count). The molecule has 0 saturated carbocycles. The minimum absolute atomic E-state index is 0.142. The van der Waals surface area contributed by atoms with Gasteiger partial charge in [0.05, 0.1) is 12.0 Å². The van der Waals surface area contributed by atoms with E-state index in [1.165, 1.54) is 18.3 Å². The smallest absolute Gasteiger partial charge is 0.244 e. The van der Waals surface area contributed by atoms with Crippen molar-refractivity contribution in [3.8, 4) is 16.2 Å². The Morgan fingerprint density at radius 1 is 1.26 bits per heavy atom. The van der Waals surface area contributed by atoms with E-state index in [2.05, 4.69) is 0 Å². The predicted octanol–water partition coefficient (Wildman–Crippen LogP) is 4.06. The van der Waals surface area contributed by atoms with Gasteiger partial charge in [-0.3, -0.25) is 10.1 Å². The molecule has 98 valence electrons. The van der Waals surface area contributed by atoms with Crippen LogP contribution in [0.25, 0.3) is 16.5 Å². The summed E-state index contributed by atoms with van der Waals surface area (Å²) in [5.41, 5.74) is 1.22. The first-order valence-corrected chi connectivity index (χ1v) is 6.49. The normalized spacial score (nSPS) is 11.4. The van der Waals surface area contributed by atoms with Crippen LogP contribution in [-0.4, -0.2) is 12.0 Å². The molecular formula is C14H13NO3S. The van der Waals surface area contributed by atoms with Gasteiger partial charge in [-0.25, -0.2) is 0 Å². The van der Waals surface area contributed by atoms with Gasteiger partial charge in [0.2, 0.25) is 5.70 Å². The van der Waals surface area contributed by atoms with Crippen molar-refractivity contribution in [2.45, 2.75) is 6.92 Å². The molecule has 0 aliphatic heterocycles. The Bertz CT molecular complexity index is 614. The van der Waals surface area contributed by atoms with Crippen LogP contribution in [0.4, 0.5) is 0 Å². The molecule has 0 unspecified atom stereocenters. The van der Waals surface area contributed by atoms with Gasteiger partial charge in [-0.15, -0.1) is 11.3 Å². The van der Waals surface area contributed by atoms with E-state index >= 15 is 0 Å². The molecule has 1 aromatic carbocycles. The molecule has 0 aliphatic carbocycles. The summed E-state index contributed by atoms with van der Waals surface area (Å²) < 4.78 is 5.11. The lowest BCUT2D eigenvalue weighted by molar-refractivity contribution is -0.422. The molecule has 19 heavy (non-hydrogen) atoms. The fourth-order valence-corrected chi connectivity index (χ4v) is 2.61. The van der Waals surface area contributed by atoms with Crippen LogP contribution in [0.15, 0.2) is 42.1 Å². The van der Waals surface area contributed by atoms with Gasteiger partial charge in [0.1, 0.15) is 5.75 Å². The fourth-order valence-electron chi connectivity index (χ4n) is 1.60. The van der Waals surface area contributed by atoms with Crippen LogP contribution >= 0.6 is 11.3 Å². The van der Waals surface area contributed by atoms with Gasteiger partial charge in [0.15, 0.2) is 0 Å². The largest absolute Gasteiger partial charge is 0.497 e.